The topological polar surface area (TPSA) is 52.6 Å². The van der Waals surface area contributed by atoms with Gasteiger partial charge in [0, 0.05) is 6.08 Å². The molecule has 0 aliphatic heterocycles. The van der Waals surface area contributed by atoms with E-state index in [1.165, 1.54) is 6.08 Å². The lowest BCUT2D eigenvalue weighted by Gasteiger charge is -2.17. The van der Waals surface area contributed by atoms with Crippen LogP contribution in [-0.4, -0.2) is 17.7 Å². The zero-order valence-electron chi connectivity index (χ0n) is 10.7. The lowest BCUT2D eigenvalue weighted by molar-refractivity contribution is -0.135. The quantitative estimate of drug-likeness (QED) is 0.458. The van der Waals surface area contributed by atoms with E-state index in [1.807, 2.05) is 30.3 Å². The third-order valence-electron chi connectivity index (χ3n) is 1.78. The van der Waals surface area contributed by atoms with Gasteiger partial charge in [0.1, 0.15) is 5.60 Å². The Morgan fingerprint density at radius 1 is 1.11 bits per heavy atom. The first-order valence-corrected chi connectivity index (χ1v) is 5.55. The highest BCUT2D eigenvalue weighted by Crippen LogP contribution is 2.08. The third kappa shape index (κ3) is 5.84. The predicted octanol–water partition coefficient (Wildman–Crippen LogP) is 3.18. The lowest BCUT2D eigenvalue weighted by Crippen LogP contribution is -2.25. The van der Waals surface area contributed by atoms with Gasteiger partial charge in [0.05, 0.1) is 0 Å². The Hall–Kier alpha value is -2.10. The van der Waals surface area contributed by atoms with Crippen molar-refractivity contribution in [2.45, 2.75) is 26.4 Å². The van der Waals surface area contributed by atoms with E-state index < -0.39 is 17.7 Å². The van der Waals surface area contributed by atoms with Crippen molar-refractivity contribution in [3.8, 4) is 0 Å². The van der Waals surface area contributed by atoms with E-state index >= 15 is 0 Å². The average Bonchev–Trinajstić information content (AvgIpc) is 2.25. The van der Waals surface area contributed by atoms with Crippen molar-refractivity contribution >= 4 is 18.2 Å². The smallest absolute Gasteiger partial charge is 0.428 e. The number of ether oxygens (including phenoxy) is 2. The summed E-state index contributed by atoms with van der Waals surface area (Å²) in [6.45, 7) is 5.08. The summed E-state index contributed by atoms with van der Waals surface area (Å²) in [5.41, 5.74) is 0.166. The van der Waals surface area contributed by atoms with Gasteiger partial charge in [-0.2, -0.15) is 0 Å². The summed E-state index contributed by atoms with van der Waals surface area (Å²) < 4.78 is 9.31. The van der Waals surface area contributed by atoms with Crippen molar-refractivity contribution < 1.29 is 19.1 Å². The zero-order chi connectivity index (χ0) is 13.6. The highest BCUT2D eigenvalue weighted by atomic mass is 16.7. The number of hydrogen-bond acceptors (Lipinski definition) is 4. The number of hydrogen-bond donors (Lipinski definition) is 0. The molecule has 1 rings (SSSR count). The average molecular weight is 248 g/mol. The lowest BCUT2D eigenvalue weighted by atomic mass is 10.2. The minimum absolute atomic E-state index is 0.680. The molecule has 1 aromatic rings. The van der Waals surface area contributed by atoms with Crippen LogP contribution in [0.25, 0.3) is 6.08 Å². The van der Waals surface area contributed by atoms with Crippen molar-refractivity contribution in [2.24, 2.45) is 0 Å². The molecule has 0 spiro atoms. The van der Waals surface area contributed by atoms with Crippen LogP contribution in [0.3, 0.4) is 0 Å². The van der Waals surface area contributed by atoms with E-state index in [4.69, 9.17) is 4.74 Å². The van der Waals surface area contributed by atoms with Crippen molar-refractivity contribution in [1.29, 1.82) is 0 Å². The van der Waals surface area contributed by atoms with Crippen LogP contribution in [0.15, 0.2) is 36.4 Å². The summed E-state index contributed by atoms with van der Waals surface area (Å²) >= 11 is 0. The fourth-order valence-corrected chi connectivity index (χ4v) is 1.12. The van der Waals surface area contributed by atoms with Gasteiger partial charge in [-0.1, -0.05) is 30.3 Å². The summed E-state index contributed by atoms with van der Waals surface area (Å²) in [7, 11) is 0. The van der Waals surface area contributed by atoms with E-state index in [-0.39, 0.29) is 0 Å². The molecule has 0 heterocycles. The normalized spacial score (nSPS) is 11.3. The van der Waals surface area contributed by atoms with E-state index in [0.29, 0.717) is 0 Å². The molecule has 0 bridgehead atoms. The van der Waals surface area contributed by atoms with Crippen LogP contribution >= 0.6 is 0 Å². The number of carbonyl (C=O) groups is 2. The second-order valence-electron chi connectivity index (χ2n) is 4.63. The summed E-state index contributed by atoms with van der Waals surface area (Å²) in [4.78, 5) is 22.5. The molecule has 0 fully saturated rings. The van der Waals surface area contributed by atoms with Crippen LogP contribution in [0, 0.1) is 0 Å². The molecule has 4 heteroatoms. The molecule has 0 aromatic heterocycles. The first kappa shape index (κ1) is 14.0. The van der Waals surface area contributed by atoms with Crippen LogP contribution in [0.5, 0.6) is 0 Å². The molecule has 0 unspecified atom stereocenters. The molecule has 0 aliphatic rings. The van der Waals surface area contributed by atoms with Crippen molar-refractivity contribution in [3.63, 3.8) is 0 Å². The van der Waals surface area contributed by atoms with Gasteiger partial charge in [0.25, 0.3) is 0 Å². The molecule has 18 heavy (non-hydrogen) atoms. The summed E-state index contributed by atoms with van der Waals surface area (Å²) in [6, 6.07) is 9.22. The Morgan fingerprint density at radius 3 is 2.28 bits per heavy atom. The van der Waals surface area contributed by atoms with Crippen molar-refractivity contribution in [2.75, 3.05) is 0 Å². The summed E-state index contributed by atoms with van der Waals surface area (Å²) in [5.74, 6) is -0.756. The first-order valence-electron chi connectivity index (χ1n) is 5.55. The van der Waals surface area contributed by atoms with Gasteiger partial charge in [-0.05, 0) is 32.4 Å². The van der Waals surface area contributed by atoms with E-state index in [1.54, 1.807) is 26.8 Å². The SMILES string of the molecule is CC(C)(C)OC(=O)OC(=O)C=Cc1ccccc1. The maximum absolute atomic E-state index is 11.3. The van der Waals surface area contributed by atoms with E-state index in [0.717, 1.165) is 5.56 Å². The molecule has 0 amide bonds. The molecule has 0 saturated heterocycles. The first-order chi connectivity index (χ1) is 8.37. The van der Waals surface area contributed by atoms with Crippen LogP contribution in [-0.2, 0) is 14.3 Å². The van der Waals surface area contributed by atoms with Gasteiger partial charge >= 0.3 is 12.1 Å². The second kappa shape index (κ2) is 6.00. The number of esters is 1. The van der Waals surface area contributed by atoms with Gasteiger partial charge in [-0.15, -0.1) is 0 Å². The van der Waals surface area contributed by atoms with Crippen LogP contribution in [0.2, 0.25) is 0 Å². The monoisotopic (exact) mass is 248 g/mol. The number of carbonyl (C=O) groups excluding carboxylic acids is 2. The fourth-order valence-electron chi connectivity index (χ4n) is 1.12. The minimum atomic E-state index is -0.995. The van der Waals surface area contributed by atoms with Crippen molar-refractivity contribution in [1.82, 2.24) is 0 Å². The number of benzene rings is 1. The standard InChI is InChI=1S/C14H16O4/c1-14(2,3)18-13(16)17-12(15)10-9-11-7-5-4-6-8-11/h4-10H,1-3H3. The fraction of sp³-hybridized carbons (Fsp3) is 0.286. The van der Waals surface area contributed by atoms with Gasteiger partial charge in [0.15, 0.2) is 0 Å². The van der Waals surface area contributed by atoms with Crippen LogP contribution in [0.4, 0.5) is 4.79 Å². The highest BCUT2D eigenvalue weighted by Gasteiger charge is 2.19. The molecule has 0 radical (unpaired) electrons. The van der Waals surface area contributed by atoms with Gasteiger partial charge in [-0.3, -0.25) is 0 Å². The van der Waals surface area contributed by atoms with E-state index in [9.17, 15) is 9.59 Å². The molecule has 0 aliphatic carbocycles. The second-order valence-corrected chi connectivity index (χ2v) is 4.63. The Labute approximate surface area is 106 Å². The molecule has 1 aromatic carbocycles. The molecular formula is C14H16O4. The molecule has 4 nitrogen and oxygen atoms in total. The predicted molar refractivity (Wildman–Crippen MR) is 67.8 cm³/mol. The maximum atomic E-state index is 11.3. The third-order valence-corrected chi connectivity index (χ3v) is 1.78. The molecule has 0 atom stereocenters. The summed E-state index contributed by atoms with van der Waals surface area (Å²) in [6.07, 6.45) is 1.75. The van der Waals surface area contributed by atoms with Gasteiger partial charge < -0.3 is 9.47 Å². The largest absolute Gasteiger partial charge is 0.516 e. The van der Waals surface area contributed by atoms with Crippen LogP contribution in [0.1, 0.15) is 26.3 Å². The van der Waals surface area contributed by atoms with Gasteiger partial charge in [-0.25, -0.2) is 9.59 Å². The Balaban J connectivity index is 2.47. The Morgan fingerprint density at radius 2 is 1.72 bits per heavy atom. The van der Waals surface area contributed by atoms with E-state index in [2.05, 4.69) is 4.74 Å². The minimum Gasteiger partial charge on any atom is -0.428 e. The molecular weight excluding hydrogens is 232 g/mol. The molecule has 96 valence electrons. The highest BCUT2D eigenvalue weighted by molar-refractivity contribution is 5.93. The molecule has 0 N–H and O–H groups in total. The maximum Gasteiger partial charge on any atom is 0.516 e. The molecule has 0 saturated carbocycles. The van der Waals surface area contributed by atoms with Crippen LogP contribution < -0.4 is 0 Å². The number of rotatable bonds is 2. The summed E-state index contributed by atoms with van der Waals surface area (Å²) in [5, 5.41) is 0. The van der Waals surface area contributed by atoms with Crippen molar-refractivity contribution in [3.05, 3.63) is 42.0 Å². The Bertz CT molecular complexity index is 441. The zero-order valence-corrected chi connectivity index (χ0v) is 10.7. The van der Waals surface area contributed by atoms with Gasteiger partial charge in [0.2, 0.25) is 0 Å². The Kier molecular flexibility index (Phi) is 4.66.